The molecule has 0 saturated carbocycles. The van der Waals surface area contributed by atoms with Crippen LogP contribution in [-0.4, -0.2) is 11.6 Å². The number of carbonyl (C=O) groups is 2. The van der Waals surface area contributed by atoms with Crippen molar-refractivity contribution in [3.8, 4) is 0 Å². The predicted molar refractivity (Wildman–Crippen MR) is 65.3 cm³/mol. The van der Waals surface area contributed by atoms with Gasteiger partial charge in [0, 0.05) is 33.7 Å². The van der Waals surface area contributed by atoms with Gasteiger partial charge in [0.1, 0.15) is 0 Å². The number of hydrogen-bond donors (Lipinski definition) is 0. The number of rotatable bonds is 0. The standard InChI is InChI=1S/C14H9ClO2/c15-8-5-6-11-12(7-8)14(17)10-4-2-1-3-9(10)13(11)16/h1-5H,6-7H2. The number of benzene rings is 1. The summed E-state index contributed by atoms with van der Waals surface area (Å²) in [5.41, 5.74) is 2.20. The number of halogens is 1. The molecule has 0 aromatic heterocycles. The molecule has 3 rings (SSSR count). The molecule has 3 heteroatoms. The number of hydrogen-bond acceptors (Lipinski definition) is 2. The minimum absolute atomic E-state index is 0.0318. The van der Waals surface area contributed by atoms with E-state index >= 15 is 0 Å². The molecule has 0 atom stereocenters. The van der Waals surface area contributed by atoms with Gasteiger partial charge in [-0.3, -0.25) is 9.59 Å². The van der Waals surface area contributed by atoms with Crippen LogP contribution in [-0.2, 0) is 0 Å². The molecule has 0 amide bonds. The van der Waals surface area contributed by atoms with Crippen molar-refractivity contribution in [3.05, 3.63) is 57.6 Å². The highest BCUT2D eigenvalue weighted by Gasteiger charge is 2.32. The van der Waals surface area contributed by atoms with E-state index in [0.29, 0.717) is 40.1 Å². The van der Waals surface area contributed by atoms with Crippen LogP contribution in [0.3, 0.4) is 0 Å². The van der Waals surface area contributed by atoms with E-state index in [2.05, 4.69) is 0 Å². The highest BCUT2D eigenvalue weighted by Crippen LogP contribution is 2.35. The number of fused-ring (bicyclic) bond motifs is 1. The second kappa shape index (κ2) is 3.67. The van der Waals surface area contributed by atoms with Crippen LogP contribution in [0.15, 0.2) is 46.5 Å². The van der Waals surface area contributed by atoms with Crippen molar-refractivity contribution in [1.29, 1.82) is 0 Å². The Hall–Kier alpha value is -1.67. The van der Waals surface area contributed by atoms with E-state index < -0.39 is 0 Å². The van der Waals surface area contributed by atoms with Crippen LogP contribution in [0.4, 0.5) is 0 Å². The molecular weight excluding hydrogens is 236 g/mol. The Kier molecular flexibility index (Phi) is 2.26. The Labute approximate surface area is 104 Å². The third kappa shape index (κ3) is 1.48. The highest BCUT2D eigenvalue weighted by molar-refractivity contribution is 6.32. The second-order valence-electron chi connectivity index (χ2n) is 4.19. The lowest BCUT2D eigenvalue weighted by atomic mass is 9.79. The number of Topliss-reactive ketones (excluding diaryl/α,β-unsaturated/α-hetero) is 2. The summed E-state index contributed by atoms with van der Waals surface area (Å²) in [6.45, 7) is 0. The molecule has 0 aliphatic heterocycles. The van der Waals surface area contributed by atoms with E-state index in [4.69, 9.17) is 11.6 Å². The van der Waals surface area contributed by atoms with E-state index in [9.17, 15) is 9.59 Å². The van der Waals surface area contributed by atoms with Gasteiger partial charge in [0.2, 0.25) is 0 Å². The molecule has 0 spiro atoms. The van der Waals surface area contributed by atoms with Crippen LogP contribution < -0.4 is 0 Å². The lowest BCUT2D eigenvalue weighted by Crippen LogP contribution is -2.23. The fourth-order valence-electron chi connectivity index (χ4n) is 2.34. The zero-order valence-electron chi connectivity index (χ0n) is 9.00. The highest BCUT2D eigenvalue weighted by atomic mass is 35.5. The van der Waals surface area contributed by atoms with E-state index in [1.807, 2.05) is 0 Å². The SMILES string of the molecule is O=C1C2=C(CC(Cl)=CC2)C(=O)c2ccccc21. The summed E-state index contributed by atoms with van der Waals surface area (Å²) in [6.07, 6.45) is 2.66. The molecule has 0 bridgehead atoms. The molecule has 2 nitrogen and oxygen atoms in total. The molecule has 0 N–H and O–H groups in total. The maximum Gasteiger partial charge on any atom is 0.190 e. The molecule has 0 fully saturated rings. The van der Waals surface area contributed by atoms with Crippen molar-refractivity contribution in [1.82, 2.24) is 0 Å². The van der Waals surface area contributed by atoms with E-state index in [0.717, 1.165) is 0 Å². The first kappa shape index (κ1) is 10.5. The summed E-state index contributed by atoms with van der Waals surface area (Å²) in [5.74, 6) is -0.0860. The van der Waals surface area contributed by atoms with Gasteiger partial charge >= 0.3 is 0 Å². The molecule has 2 aliphatic rings. The minimum atomic E-state index is -0.0542. The third-order valence-electron chi connectivity index (χ3n) is 3.20. The monoisotopic (exact) mass is 244 g/mol. The van der Waals surface area contributed by atoms with Gasteiger partial charge < -0.3 is 0 Å². The van der Waals surface area contributed by atoms with Crippen LogP contribution >= 0.6 is 11.6 Å². The van der Waals surface area contributed by atoms with Crippen molar-refractivity contribution in [2.75, 3.05) is 0 Å². The van der Waals surface area contributed by atoms with Crippen molar-refractivity contribution >= 4 is 23.2 Å². The lowest BCUT2D eigenvalue weighted by Gasteiger charge is -2.22. The van der Waals surface area contributed by atoms with Gasteiger partial charge in [0.15, 0.2) is 11.6 Å². The number of ketones is 2. The van der Waals surface area contributed by atoms with Gasteiger partial charge in [-0.25, -0.2) is 0 Å². The summed E-state index contributed by atoms with van der Waals surface area (Å²) in [7, 11) is 0. The Morgan fingerprint density at radius 3 is 2.18 bits per heavy atom. The number of carbonyl (C=O) groups excluding carboxylic acids is 2. The normalized spacial score (nSPS) is 18.8. The van der Waals surface area contributed by atoms with Crippen LogP contribution in [0.2, 0.25) is 0 Å². The minimum Gasteiger partial charge on any atom is -0.289 e. The Balaban J connectivity index is 2.18. The summed E-state index contributed by atoms with van der Waals surface area (Å²) in [6, 6.07) is 6.96. The molecule has 1 aromatic rings. The summed E-state index contributed by atoms with van der Waals surface area (Å²) in [4.78, 5) is 24.5. The summed E-state index contributed by atoms with van der Waals surface area (Å²) < 4.78 is 0. The van der Waals surface area contributed by atoms with Crippen LogP contribution in [0.5, 0.6) is 0 Å². The largest absolute Gasteiger partial charge is 0.289 e. The molecule has 0 unspecified atom stereocenters. The molecule has 0 saturated heterocycles. The average molecular weight is 245 g/mol. The molecule has 0 radical (unpaired) electrons. The van der Waals surface area contributed by atoms with Crippen molar-refractivity contribution in [2.24, 2.45) is 0 Å². The second-order valence-corrected chi connectivity index (χ2v) is 4.68. The molecular formula is C14H9ClO2. The maximum atomic E-state index is 12.2. The van der Waals surface area contributed by atoms with Gasteiger partial charge in [-0.05, 0) is 6.42 Å². The van der Waals surface area contributed by atoms with E-state index in [-0.39, 0.29) is 11.6 Å². The van der Waals surface area contributed by atoms with E-state index in [1.165, 1.54) is 0 Å². The first-order valence-corrected chi connectivity index (χ1v) is 5.81. The lowest BCUT2D eigenvalue weighted by molar-refractivity contribution is 0.0970. The first-order valence-electron chi connectivity index (χ1n) is 5.43. The van der Waals surface area contributed by atoms with Gasteiger partial charge in [-0.15, -0.1) is 0 Å². The zero-order chi connectivity index (χ0) is 12.0. The van der Waals surface area contributed by atoms with Crippen molar-refractivity contribution < 1.29 is 9.59 Å². The molecule has 17 heavy (non-hydrogen) atoms. The zero-order valence-corrected chi connectivity index (χ0v) is 9.75. The Morgan fingerprint density at radius 2 is 1.53 bits per heavy atom. The fourth-order valence-corrected chi connectivity index (χ4v) is 2.55. The van der Waals surface area contributed by atoms with Crippen LogP contribution in [0, 0.1) is 0 Å². The van der Waals surface area contributed by atoms with Gasteiger partial charge in [-0.2, -0.15) is 0 Å². The van der Waals surface area contributed by atoms with Gasteiger partial charge in [0.25, 0.3) is 0 Å². The van der Waals surface area contributed by atoms with Gasteiger partial charge in [0.05, 0.1) is 0 Å². The van der Waals surface area contributed by atoms with E-state index in [1.54, 1.807) is 30.3 Å². The first-order chi connectivity index (χ1) is 8.18. The fraction of sp³-hybridized carbons (Fsp3) is 0.143. The summed E-state index contributed by atoms with van der Waals surface area (Å²) in [5, 5.41) is 0.643. The third-order valence-corrected chi connectivity index (χ3v) is 3.49. The molecule has 2 aliphatic carbocycles. The maximum absolute atomic E-state index is 12.2. The van der Waals surface area contributed by atoms with Crippen molar-refractivity contribution in [2.45, 2.75) is 12.8 Å². The average Bonchev–Trinajstić information content (AvgIpc) is 2.36. The number of allylic oxidation sites excluding steroid dienone is 4. The quantitative estimate of drug-likeness (QED) is 0.702. The molecule has 1 aromatic carbocycles. The molecule has 0 heterocycles. The van der Waals surface area contributed by atoms with Crippen molar-refractivity contribution in [3.63, 3.8) is 0 Å². The van der Waals surface area contributed by atoms with Gasteiger partial charge in [-0.1, -0.05) is 41.9 Å². The topological polar surface area (TPSA) is 34.1 Å². The van der Waals surface area contributed by atoms with Crippen LogP contribution in [0.25, 0.3) is 0 Å². The molecule has 84 valence electrons. The Morgan fingerprint density at radius 1 is 0.941 bits per heavy atom. The van der Waals surface area contributed by atoms with Crippen LogP contribution in [0.1, 0.15) is 33.6 Å². The Bertz CT molecular complexity index is 608. The summed E-state index contributed by atoms with van der Waals surface area (Å²) >= 11 is 5.94. The predicted octanol–water partition coefficient (Wildman–Crippen LogP) is 3.28. The smallest absolute Gasteiger partial charge is 0.190 e.